The second-order valence-electron chi connectivity index (χ2n) is 4.84. The number of hydrogen-bond donors (Lipinski definition) is 2. The van der Waals surface area contributed by atoms with Crippen LogP contribution in [0.3, 0.4) is 0 Å². The molecule has 20 heavy (non-hydrogen) atoms. The number of carbonyl (C=O) groups excluding carboxylic acids is 1. The molecule has 5 nitrogen and oxygen atoms in total. The van der Waals surface area contributed by atoms with E-state index >= 15 is 0 Å². The second-order valence-corrected chi connectivity index (χ2v) is 4.84. The number of rotatable bonds is 3. The normalized spacial score (nSPS) is 30.4. The fraction of sp³-hybridized carbons (Fsp3) is 0.286. The summed E-state index contributed by atoms with van der Waals surface area (Å²) in [6.45, 7) is 0. The van der Waals surface area contributed by atoms with E-state index in [9.17, 15) is 19.1 Å². The van der Waals surface area contributed by atoms with Crippen LogP contribution in [0, 0.1) is 17.7 Å². The molecule has 2 bridgehead atoms. The van der Waals surface area contributed by atoms with Crippen LogP contribution in [0.4, 0.5) is 10.1 Å². The summed E-state index contributed by atoms with van der Waals surface area (Å²) in [4.78, 5) is 23.5. The Morgan fingerprint density at radius 1 is 1.10 bits per heavy atom. The molecule has 1 fully saturated rings. The van der Waals surface area contributed by atoms with Crippen molar-refractivity contribution in [2.75, 3.05) is 5.32 Å². The van der Waals surface area contributed by atoms with Gasteiger partial charge in [-0.05, 0) is 24.3 Å². The number of nitrogens with one attached hydrogen (secondary N) is 1. The van der Waals surface area contributed by atoms with Crippen molar-refractivity contribution in [2.45, 2.75) is 12.2 Å². The van der Waals surface area contributed by atoms with Crippen molar-refractivity contribution in [3.8, 4) is 0 Å². The van der Waals surface area contributed by atoms with Gasteiger partial charge in [-0.25, -0.2) is 4.39 Å². The number of hydrogen-bond acceptors (Lipinski definition) is 3. The molecule has 2 heterocycles. The van der Waals surface area contributed by atoms with Gasteiger partial charge in [0.15, 0.2) is 0 Å². The molecule has 1 saturated heterocycles. The molecule has 0 saturated carbocycles. The number of amides is 1. The van der Waals surface area contributed by atoms with Crippen LogP contribution in [-0.2, 0) is 14.3 Å². The molecule has 104 valence electrons. The second kappa shape index (κ2) is 4.72. The molecule has 1 aromatic carbocycles. The third-order valence-electron chi connectivity index (χ3n) is 3.60. The van der Waals surface area contributed by atoms with Gasteiger partial charge in [0.05, 0.1) is 18.1 Å². The average molecular weight is 277 g/mol. The molecular formula is C14H12FNO4. The van der Waals surface area contributed by atoms with E-state index in [1.807, 2.05) is 0 Å². The Morgan fingerprint density at radius 2 is 1.70 bits per heavy atom. The Morgan fingerprint density at radius 3 is 2.30 bits per heavy atom. The van der Waals surface area contributed by atoms with Crippen LogP contribution in [0.15, 0.2) is 36.4 Å². The molecular weight excluding hydrogens is 265 g/mol. The standard InChI is InChI=1S/C14H12FNO4/c15-7-1-3-8(4-2-7)16-13(17)11-9-5-6-10(20-9)12(11)14(18)19/h1-6,9-12H,(H,16,17)(H,18,19)/t9-,10-,11+,12+/m1/s1. The van der Waals surface area contributed by atoms with Crippen molar-refractivity contribution in [3.05, 3.63) is 42.2 Å². The lowest BCUT2D eigenvalue weighted by Crippen LogP contribution is -2.39. The first-order valence-electron chi connectivity index (χ1n) is 6.19. The third-order valence-corrected chi connectivity index (χ3v) is 3.60. The van der Waals surface area contributed by atoms with Gasteiger partial charge in [-0.15, -0.1) is 0 Å². The van der Waals surface area contributed by atoms with Gasteiger partial charge in [-0.1, -0.05) is 12.2 Å². The Hall–Kier alpha value is -2.21. The van der Waals surface area contributed by atoms with Crippen LogP contribution in [0.2, 0.25) is 0 Å². The molecule has 0 aromatic heterocycles. The van der Waals surface area contributed by atoms with Gasteiger partial charge in [0.2, 0.25) is 5.91 Å². The summed E-state index contributed by atoms with van der Waals surface area (Å²) in [5.74, 6) is -3.54. The lowest BCUT2D eigenvalue weighted by atomic mass is 9.82. The molecule has 2 aliphatic rings. The van der Waals surface area contributed by atoms with E-state index in [0.717, 1.165) is 0 Å². The highest BCUT2D eigenvalue weighted by Gasteiger charge is 2.53. The van der Waals surface area contributed by atoms with Crippen LogP contribution in [-0.4, -0.2) is 29.2 Å². The Labute approximate surface area is 114 Å². The summed E-state index contributed by atoms with van der Waals surface area (Å²) in [7, 11) is 0. The molecule has 0 spiro atoms. The number of benzene rings is 1. The number of anilines is 1. The maximum absolute atomic E-state index is 12.8. The monoisotopic (exact) mass is 277 g/mol. The van der Waals surface area contributed by atoms with Gasteiger partial charge < -0.3 is 15.2 Å². The van der Waals surface area contributed by atoms with Gasteiger partial charge in [-0.2, -0.15) is 0 Å². The van der Waals surface area contributed by atoms with E-state index in [2.05, 4.69) is 5.32 Å². The van der Waals surface area contributed by atoms with Crippen molar-refractivity contribution < 1.29 is 23.8 Å². The average Bonchev–Trinajstić information content (AvgIpc) is 3.01. The zero-order valence-corrected chi connectivity index (χ0v) is 10.3. The van der Waals surface area contributed by atoms with Gasteiger partial charge >= 0.3 is 5.97 Å². The molecule has 0 unspecified atom stereocenters. The summed E-state index contributed by atoms with van der Waals surface area (Å²) in [6, 6.07) is 5.29. The molecule has 4 atom stereocenters. The van der Waals surface area contributed by atoms with Crippen LogP contribution >= 0.6 is 0 Å². The predicted octanol–water partition coefficient (Wildman–Crippen LogP) is 1.42. The van der Waals surface area contributed by atoms with Crippen LogP contribution in [0.5, 0.6) is 0 Å². The van der Waals surface area contributed by atoms with Gasteiger partial charge in [-0.3, -0.25) is 9.59 Å². The number of halogens is 1. The fourth-order valence-corrected chi connectivity index (χ4v) is 2.67. The topological polar surface area (TPSA) is 75.6 Å². The summed E-state index contributed by atoms with van der Waals surface area (Å²) >= 11 is 0. The summed E-state index contributed by atoms with van der Waals surface area (Å²) in [5, 5.41) is 11.8. The first-order valence-corrected chi connectivity index (χ1v) is 6.19. The number of fused-ring (bicyclic) bond motifs is 2. The van der Waals surface area contributed by atoms with Crippen molar-refractivity contribution in [3.63, 3.8) is 0 Å². The van der Waals surface area contributed by atoms with Crippen molar-refractivity contribution in [1.82, 2.24) is 0 Å². The molecule has 2 N–H and O–H groups in total. The predicted molar refractivity (Wildman–Crippen MR) is 67.4 cm³/mol. The quantitative estimate of drug-likeness (QED) is 0.819. The highest BCUT2D eigenvalue weighted by atomic mass is 19.1. The Kier molecular flexibility index (Phi) is 3.02. The minimum Gasteiger partial charge on any atom is -0.481 e. The van der Waals surface area contributed by atoms with Gasteiger partial charge in [0.1, 0.15) is 11.7 Å². The number of carboxylic acids is 1. The van der Waals surface area contributed by atoms with Crippen LogP contribution < -0.4 is 5.32 Å². The lowest BCUT2D eigenvalue weighted by Gasteiger charge is -2.20. The Bertz CT molecular complexity index is 583. The number of carboxylic acid groups (broad SMARTS) is 1. The van der Waals surface area contributed by atoms with E-state index in [0.29, 0.717) is 5.69 Å². The number of carbonyl (C=O) groups is 2. The minimum atomic E-state index is -1.05. The van der Waals surface area contributed by atoms with Crippen molar-refractivity contribution in [2.24, 2.45) is 11.8 Å². The van der Waals surface area contributed by atoms with E-state index in [-0.39, 0.29) is 0 Å². The van der Waals surface area contributed by atoms with Crippen LogP contribution in [0.1, 0.15) is 0 Å². The molecule has 0 aliphatic carbocycles. The largest absolute Gasteiger partial charge is 0.481 e. The highest BCUT2D eigenvalue weighted by Crippen LogP contribution is 2.39. The van der Waals surface area contributed by atoms with E-state index in [4.69, 9.17) is 4.74 Å². The molecule has 1 aromatic rings. The van der Waals surface area contributed by atoms with E-state index < -0.39 is 41.7 Å². The summed E-state index contributed by atoms with van der Waals surface area (Å²) in [6.07, 6.45) is 2.31. The smallest absolute Gasteiger partial charge is 0.310 e. The fourth-order valence-electron chi connectivity index (χ4n) is 2.67. The summed E-state index contributed by atoms with van der Waals surface area (Å²) in [5.41, 5.74) is 0.423. The Balaban J connectivity index is 1.78. The van der Waals surface area contributed by atoms with Crippen LogP contribution in [0.25, 0.3) is 0 Å². The SMILES string of the molecule is O=C(O)[C@@H]1[C@@H](C(=O)Nc2ccc(F)cc2)[C@H]2C=C[C@H]1O2. The number of ether oxygens (including phenoxy) is 1. The zero-order valence-electron chi connectivity index (χ0n) is 10.3. The van der Waals surface area contributed by atoms with Crippen molar-refractivity contribution in [1.29, 1.82) is 0 Å². The minimum absolute atomic E-state index is 0.405. The maximum atomic E-state index is 12.8. The molecule has 3 rings (SSSR count). The summed E-state index contributed by atoms with van der Waals surface area (Å²) < 4.78 is 18.2. The van der Waals surface area contributed by atoms with E-state index in [1.54, 1.807) is 12.2 Å². The molecule has 6 heteroatoms. The van der Waals surface area contributed by atoms with Gasteiger partial charge in [0.25, 0.3) is 0 Å². The maximum Gasteiger partial charge on any atom is 0.310 e. The van der Waals surface area contributed by atoms with Gasteiger partial charge in [0, 0.05) is 5.69 Å². The molecule has 1 amide bonds. The third kappa shape index (κ3) is 2.08. The van der Waals surface area contributed by atoms with Crippen molar-refractivity contribution >= 4 is 17.6 Å². The molecule has 0 radical (unpaired) electrons. The lowest BCUT2D eigenvalue weighted by molar-refractivity contribution is -0.145. The first kappa shape index (κ1) is 12.8. The van der Waals surface area contributed by atoms with E-state index in [1.165, 1.54) is 24.3 Å². The zero-order chi connectivity index (χ0) is 14.3. The first-order chi connectivity index (χ1) is 9.56. The highest BCUT2D eigenvalue weighted by molar-refractivity contribution is 5.96. The molecule has 2 aliphatic heterocycles. The number of aliphatic carboxylic acids is 1.